The van der Waals surface area contributed by atoms with Crippen molar-refractivity contribution in [2.45, 2.75) is 23.9 Å². The Labute approximate surface area is 112 Å². The van der Waals surface area contributed by atoms with E-state index in [1.165, 1.54) is 23.3 Å². The highest BCUT2D eigenvalue weighted by Gasteiger charge is 2.14. The molecule has 0 saturated heterocycles. The molecule has 0 radical (unpaired) electrons. The van der Waals surface area contributed by atoms with Crippen LogP contribution in [0, 0.1) is 13.8 Å². The first kappa shape index (κ1) is 13.1. The zero-order chi connectivity index (χ0) is 13.1. The molecule has 0 saturated carbocycles. The third-order valence-electron chi connectivity index (χ3n) is 2.19. The first-order chi connectivity index (χ1) is 8.60. The number of aromatic nitrogens is 2. The van der Waals surface area contributed by atoms with E-state index in [0.29, 0.717) is 22.8 Å². The van der Waals surface area contributed by atoms with Crippen LogP contribution in [-0.2, 0) is 5.75 Å². The van der Waals surface area contributed by atoms with Gasteiger partial charge in [-0.3, -0.25) is 10.2 Å². The van der Waals surface area contributed by atoms with Gasteiger partial charge in [-0.2, -0.15) is 4.37 Å². The van der Waals surface area contributed by atoms with Gasteiger partial charge in [-0.05, 0) is 31.4 Å². The molecule has 0 aliphatic carbocycles. The molecule has 2 rings (SSSR count). The number of nitrogen functional groups attached to an aromatic ring is 1. The van der Waals surface area contributed by atoms with Crippen LogP contribution in [0.25, 0.3) is 0 Å². The van der Waals surface area contributed by atoms with Crippen LogP contribution in [0.1, 0.15) is 27.7 Å². The average Bonchev–Trinajstić information content (AvgIpc) is 2.92. The zero-order valence-corrected chi connectivity index (χ0v) is 11.5. The highest BCUT2D eigenvalue weighted by molar-refractivity contribution is 8.00. The van der Waals surface area contributed by atoms with Gasteiger partial charge in [-0.15, -0.1) is 0 Å². The Morgan fingerprint density at radius 1 is 1.61 bits per heavy atom. The van der Waals surface area contributed by atoms with Gasteiger partial charge in [0.25, 0.3) is 5.91 Å². The van der Waals surface area contributed by atoms with Gasteiger partial charge in [0.05, 0.1) is 11.3 Å². The largest absolute Gasteiger partial charge is 0.465 e. The van der Waals surface area contributed by atoms with Crippen LogP contribution in [0.4, 0.5) is 0 Å². The summed E-state index contributed by atoms with van der Waals surface area (Å²) >= 11 is 2.88. The van der Waals surface area contributed by atoms with Crippen molar-refractivity contribution >= 4 is 29.2 Å². The minimum Gasteiger partial charge on any atom is -0.465 e. The first-order valence-electron chi connectivity index (χ1n) is 5.13. The highest BCUT2D eigenvalue weighted by Crippen LogP contribution is 2.26. The smallest absolute Gasteiger partial charge is 0.268 e. The Morgan fingerprint density at radius 2 is 2.39 bits per heavy atom. The molecule has 0 aliphatic heterocycles. The molecule has 0 fully saturated rings. The number of carbonyl (C=O) groups is 1. The molecule has 96 valence electrons. The van der Waals surface area contributed by atoms with Crippen molar-refractivity contribution in [2.24, 2.45) is 5.84 Å². The molecular formula is C10H12N4O2S2. The molecule has 3 N–H and O–H groups in total. The van der Waals surface area contributed by atoms with Gasteiger partial charge < -0.3 is 4.42 Å². The first-order valence-corrected chi connectivity index (χ1v) is 6.89. The summed E-state index contributed by atoms with van der Waals surface area (Å²) in [5, 5.41) is 0. The van der Waals surface area contributed by atoms with E-state index in [1.807, 2.05) is 6.92 Å². The van der Waals surface area contributed by atoms with Crippen molar-refractivity contribution in [3.05, 3.63) is 29.0 Å². The second-order valence-electron chi connectivity index (χ2n) is 3.55. The summed E-state index contributed by atoms with van der Waals surface area (Å²) in [5.74, 6) is 7.38. The highest BCUT2D eigenvalue weighted by atomic mass is 32.2. The monoisotopic (exact) mass is 284 g/mol. The predicted octanol–water partition coefficient (Wildman–Crippen LogP) is 1.64. The molecule has 0 aromatic carbocycles. The maximum Gasteiger partial charge on any atom is 0.268 e. The number of nitrogens with zero attached hydrogens (tertiary/aromatic N) is 2. The van der Waals surface area contributed by atoms with E-state index in [2.05, 4.69) is 14.8 Å². The zero-order valence-electron chi connectivity index (χ0n) is 9.89. The number of rotatable bonds is 4. The summed E-state index contributed by atoms with van der Waals surface area (Å²) in [6, 6.07) is 1.69. The van der Waals surface area contributed by atoms with Crippen LogP contribution < -0.4 is 11.3 Å². The third kappa shape index (κ3) is 2.89. The molecule has 0 bridgehead atoms. The Morgan fingerprint density at radius 3 is 3.00 bits per heavy atom. The number of carbonyl (C=O) groups excluding carboxylic acids is 1. The number of amides is 1. The summed E-state index contributed by atoms with van der Waals surface area (Å²) in [7, 11) is 0. The van der Waals surface area contributed by atoms with Crippen LogP contribution in [-0.4, -0.2) is 15.3 Å². The van der Waals surface area contributed by atoms with Gasteiger partial charge in [0.15, 0.2) is 4.34 Å². The number of nitrogens with one attached hydrogen (secondary N) is 1. The minimum atomic E-state index is -0.348. The van der Waals surface area contributed by atoms with Crippen molar-refractivity contribution < 1.29 is 9.21 Å². The SMILES string of the molecule is Cc1nsc(SCc2cc(C(=O)NN)c(C)o2)n1. The second-order valence-corrected chi connectivity index (χ2v) is 5.53. The molecule has 6 nitrogen and oxygen atoms in total. The maximum absolute atomic E-state index is 11.4. The number of thioether (sulfide) groups is 1. The Kier molecular flexibility index (Phi) is 4.00. The molecule has 0 spiro atoms. The summed E-state index contributed by atoms with van der Waals surface area (Å²) in [6.07, 6.45) is 0. The third-order valence-corrected chi connectivity index (χ3v) is 4.14. The number of hydrogen-bond acceptors (Lipinski definition) is 7. The molecule has 0 unspecified atom stereocenters. The Balaban J connectivity index is 2.04. The lowest BCUT2D eigenvalue weighted by Gasteiger charge is -1.93. The molecular weight excluding hydrogens is 272 g/mol. The molecule has 1 amide bonds. The topological polar surface area (TPSA) is 94.0 Å². The normalized spacial score (nSPS) is 10.6. The number of hydrogen-bond donors (Lipinski definition) is 2. The fourth-order valence-corrected chi connectivity index (χ4v) is 2.92. The van der Waals surface area contributed by atoms with Crippen LogP contribution in [0.2, 0.25) is 0 Å². The lowest BCUT2D eigenvalue weighted by molar-refractivity contribution is 0.0952. The van der Waals surface area contributed by atoms with Crippen molar-refractivity contribution in [1.82, 2.24) is 14.8 Å². The van der Waals surface area contributed by atoms with Crippen molar-refractivity contribution in [3.8, 4) is 0 Å². The lowest BCUT2D eigenvalue weighted by Crippen LogP contribution is -2.30. The predicted molar refractivity (Wildman–Crippen MR) is 69.3 cm³/mol. The van der Waals surface area contributed by atoms with Crippen LogP contribution in [0.3, 0.4) is 0 Å². The second kappa shape index (κ2) is 5.51. The van der Waals surface area contributed by atoms with Gasteiger partial charge in [0, 0.05) is 0 Å². The summed E-state index contributed by atoms with van der Waals surface area (Å²) in [5.41, 5.74) is 2.55. The average molecular weight is 284 g/mol. The quantitative estimate of drug-likeness (QED) is 0.384. The molecule has 0 atom stereocenters. The van der Waals surface area contributed by atoms with Crippen LogP contribution in [0.15, 0.2) is 14.8 Å². The van der Waals surface area contributed by atoms with E-state index >= 15 is 0 Å². The number of furan rings is 1. The van der Waals surface area contributed by atoms with E-state index in [0.717, 1.165) is 10.2 Å². The number of hydrazine groups is 1. The van der Waals surface area contributed by atoms with Crippen LogP contribution in [0.5, 0.6) is 0 Å². The van der Waals surface area contributed by atoms with E-state index < -0.39 is 0 Å². The number of nitrogens with two attached hydrogens (primary N) is 1. The molecule has 0 aliphatic rings. The lowest BCUT2D eigenvalue weighted by atomic mass is 10.2. The number of aryl methyl sites for hydroxylation is 2. The maximum atomic E-state index is 11.4. The van der Waals surface area contributed by atoms with E-state index in [4.69, 9.17) is 10.3 Å². The molecule has 2 aromatic heterocycles. The van der Waals surface area contributed by atoms with E-state index in [-0.39, 0.29) is 5.91 Å². The van der Waals surface area contributed by atoms with Gasteiger partial charge >= 0.3 is 0 Å². The van der Waals surface area contributed by atoms with E-state index in [1.54, 1.807) is 13.0 Å². The molecule has 2 aromatic rings. The summed E-state index contributed by atoms with van der Waals surface area (Å²) < 4.78 is 10.5. The van der Waals surface area contributed by atoms with Gasteiger partial charge in [-0.1, -0.05) is 11.8 Å². The minimum absolute atomic E-state index is 0.348. The van der Waals surface area contributed by atoms with E-state index in [9.17, 15) is 4.79 Å². The van der Waals surface area contributed by atoms with Gasteiger partial charge in [0.1, 0.15) is 17.3 Å². The molecule has 2 heterocycles. The van der Waals surface area contributed by atoms with Gasteiger partial charge in [-0.25, -0.2) is 10.8 Å². The summed E-state index contributed by atoms with van der Waals surface area (Å²) in [6.45, 7) is 3.58. The van der Waals surface area contributed by atoms with Crippen molar-refractivity contribution in [3.63, 3.8) is 0 Å². The van der Waals surface area contributed by atoms with Crippen molar-refractivity contribution in [2.75, 3.05) is 0 Å². The fourth-order valence-electron chi connectivity index (χ4n) is 1.39. The van der Waals surface area contributed by atoms with Gasteiger partial charge in [0.2, 0.25) is 0 Å². The van der Waals surface area contributed by atoms with Crippen molar-refractivity contribution in [1.29, 1.82) is 0 Å². The Hall–Kier alpha value is -1.38. The standard InChI is InChI=1S/C10H12N4O2S2/c1-5-8(9(15)13-11)3-7(16-5)4-17-10-12-6(2)14-18-10/h3H,4,11H2,1-2H3,(H,13,15). The molecule has 18 heavy (non-hydrogen) atoms. The fraction of sp³-hybridized carbons (Fsp3) is 0.300. The molecule has 8 heteroatoms. The Bertz CT molecular complexity index is 564. The van der Waals surface area contributed by atoms with Crippen LogP contribution >= 0.6 is 23.3 Å². The summed E-state index contributed by atoms with van der Waals surface area (Å²) in [4.78, 5) is 15.6.